The van der Waals surface area contributed by atoms with Gasteiger partial charge in [-0.3, -0.25) is 4.79 Å². The van der Waals surface area contributed by atoms with Gasteiger partial charge in [-0.05, 0) is 72.5 Å². The number of benzene rings is 2. The Kier molecular flexibility index (Phi) is 6.65. The highest BCUT2D eigenvalue weighted by Gasteiger charge is 2.11. The maximum atomic E-state index is 12.5. The highest BCUT2D eigenvalue weighted by molar-refractivity contribution is 7.97. The SMILES string of the molecule is CSCc1cccc(NC(=O)c2ccc(OCc3nnnn3C(C)C)cc2)c1. The lowest BCUT2D eigenvalue weighted by Gasteiger charge is -2.10. The molecule has 146 valence electrons. The lowest BCUT2D eigenvalue weighted by molar-refractivity contribution is 0.102. The first-order chi connectivity index (χ1) is 13.6. The van der Waals surface area contributed by atoms with E-state index in [2.05, 4.69) is 27.1 Å². The third-order valence-electron chi connectivity index (χ3n) is 4.03. The number of thioether (sulfide) groups is 1. The van der Waals surface area contributed by atoms with Crippen LogP contribution in [0.1, 0.15) is 41.6 Å². The molecule has 0 spiro atoms. The molecule has 1 heterocycles. The molecular formula is C20H23N5O2S. The minimum atomic E-state index is -0.156. The molecule has 0 unspecified atom stereocenters. The number of rotatable bonds is 8. The van der Waals surface area contributed by atoms with Crippen LogP contribution in [0.4, 0.5) is 5.69 Å². The molecule has 7 nitrogen and oxygen atoms in total. The second kappa shape index (κ2) is 9.36. The standard InChI is InChI=1S/C20H23N5O2S/c1-14(2)25-19(22-23-24-25)12-27-18-9-7-16(8-10-18)20(26)21-17-6-4-5-15(11-17)13-28-3/h4-11,14H,12-13H2,1-3H3,(H,21,26). The van der Waals surface area contributed by atoms with Gasteiger partial charge in [0.25, 0.3) is 5.91 Å². The van der Waals surface area contributed by atoms with E-state index >= 15 is 0 Å². The van der Waals surface area contributed by atoms with Gasteiger partial charge in [-0.2, -0.15) is 11.8 Å². The molecule has 0 bridgehead atoms. The molecular weight excluding hydrogens is 374 g/mol. The average Bonchev–Trinajstić information content (AvgIpc) is 3.16. The molecule has 3 aromatic rings. The van der Waals surface area contributed by atoms with Crippen molar-refractivity contribution in [3.63, 3.8) is 0 Å². The first kappa shape index (κ1) is 19.9. The van der Waals surface area contributed by atoms with Crippen molar-refractivity contribution in [2.24, 2.45) is 0 Å². The number of carbonyl (C=O) groups excluding carboxylic acids is 1. The number of aromatic nitrogens is 4. The Morgan fingerprint density at radius 3 is 2.71 bits per heavy atom. The number of nitrogens with one attached hydrogen (secondary N) is 1. The van der Waals surface area contributed by atoms with Crippen LogP contribution in [0.2, 0.25) is 0 Å². The Morgan fingerprint density at radius 2 is 2.00 bits per heavy atom. The van der Waals surface area contributed by atoms with Crippen LogP contribution in [0.15, 0.2) is 48.5 Å². The van der Waals surface area contributed by atoms with Crippen molar-refractivity contribution in [2.45, 2.75) is 32.2 Å². The van der Waals surface area contributed by atoms with Crippen molar-refractivity contribution in [3.05, 3.63) is 65.5 Å². The van der Waals surface area contributed by atoms with Gasteiger partial charge < -0.3 is 10.1 Å². The highest BCUT2D eigenvalue weighted by atomic mass is 32.2. The summed E-state index contributed by atoms with van der Waals surface area (Å²) >= 11 is 1.75. The molecule has 3 rings (SSSR count). The monoisotopic (exact) mass is 397 g/mol. The predicted octanol–water partition coefficient (Wildman–Crippen LogP) is 3.95. The number of amides is 1. The number of nitrogens with zero attached hydrogens (tertiary/aromatic N) is 4. The van der Waals surface area contributed by atoms with E-state index in [1.54, 1.807) is 40.7 Å². The van der Waals surface area contributed by atoms with E-state index in [0.717, 1.165) is 11.4 Å². The van der Waals surface area contributed by atoms with Gasteiger partial charge in [-0.15, -0.1) is 5.10 Å². The van der Waals surface area contributed by atoms with E-state index in [0.29, 0.717) is 17.1 Å². The lowest BCUT2D eigenvalue weighted by atomic mass is 10.2. The lowest BCUT2D eigenvalue weighted by Crippen LogP contribution is -2.12. The van der Waals surface area contributed by atoms with Gasteiger partial charge in [0.1, 0.15) is 12.4 Å². The van der Waals surface area contributed by atoms with Crippen LogP contribution in [0.3, 0.4) is 0 Å². The number of hydrogen-bond acceptors (Lipinski definition) is 6. The zero-order valence-corrected chi connectivity index (χ0v) is 16.9. The molecule has 0 saturated carbocycles. The fourth-order valence-electron chi connectivity index (χ4n) is 2.67. The molecule has 0 atom stereocenters. The van der Waals surface area contributed by atoms with Gasteiger partial charge >= 0.3 is 0 Å². The van der Waals surface area contributed by atoms with Crippen LogP contribution < -0.4 is 10.1 Å². The number of carbonyl (C=O) groups is 1. The van der Waals surface area contributed by atoms with E-state index in [1.165, 1.54) is 5.56 Å². The summed E-state index contributed by atoms with van der Waals surface area (Å²) < 4.78 is 7.45. The van der Waals surface area contributed by atoms with Gasteiger partial charge in [0.15, 0.2) is 5.82 Å². The second-order valence-electron chi connectivity index (χ2n) is 6.53. The molecule has 2 aromatic carbocycles. The van der Waals surface area contributed by atoms with E-state index in [9.17, 15) is 4.79 Å². The second-order valence-corrected chi connectivity index (χ2v) is 7.40. The number of anilines is 1. The summed E-state index contributed by atoms with van der Waals surface area (Å²) in [4.78, 5) is 12.5. The van der Waals surface area contributed by atoms with Crippen molar-refractivity contribution in [1.82, 2.24) is 20.2 Å². The quantitative estimate of drug-likeness (QED) is 0.620. The van der Waals surface area contributed by atoms with Crippen molar-refractivity contribution in [2.75, 3.05) is 11.6 Å². The fourth-order valence-corrected chi connectivity index (χ4v) is 3.18. The van der Waals surface area contributed by atoms with Gasteiger partial charge in [0, 0.05) is 17.0 Å². The van der Waals surface area contributed by atoms with Gasteiger partial charge in [0.2, 0.25) is 0 Å². The normalized spacial score (nSPS) is 10.9. The highest BCUT2D eigenvalue weighted by Crippen LogP contribution is 2.18. The summed E-state index contributed by atoms with van der Waals surface area (Å²) in [6.45, 7) is 4.27. The molecule has 0 fully saturated rings. The molecule has 1 amide bonds. The van der Waals surface area contributed by atoms with Crippen molar-refractivity contribution < 1.29 is 9.53 Å². The molecule has 28 heavy (non-hydrogen) atoms. The van der Waals surface area contributed by atoms with E-state index in [-0.39, 0.29) is 18.6 Å². The number of ether oxygens (including phenoxy) is 1. The summed E-state index contributed by atoms with van der Waals surface area (Å²) in [7, 11) is 0. The third-order valence-corrected chi connectivity index (χ3v) is 4.65. The van der Waals surface area contributed by atoms with Gasteiger partial charge in [-0.25, -0.2) is 4.68 Å². The fraction of sp³-hybridized carbons (Fsp3) is 0.300. The summed E-state index contributed by atoms with van der Waals surface area (Å²) in [5.41, 5.74) is 2.53. The number of tetrazole rings is 1. The Morgan fingerprint density at radius 1 is 1.21 bits per heavy atom. The maximum Gasteiger partial charge on any atom is 0.255 e. The minimum absolute atomic E-state index is 0.156. The first-order valence-corrected chi connectivity index (χ1v) is 10.3. The zero-order valence-electron chi connectivity index (χ0n) is 16.1. The number of hydrogen-bond donors (Lipinski definition) is 1. The Balaban J connectivity index is 1.59. The topological polar surface area (TPSA) is 81.9 Å². The first-order valence-electron chi connectivity index (χ1n) is 8.95. The van der Waals surface area contributed by atoms with Crippen LogP contribution >= 0.6 is 11.8 Å². The molecule has 1 aromatic heterocycles. The van der Waals surface area contributed by atoms with Crippen LogP contribution in [0, 0.1) is 0 Å². The van der Waals surface area contributed by atoms with Crippen molar-refractivity contribution >= 4 is 23.4 Å². The van der Waals surface area contributed by atoms with Crippen LogP contribution in [0.5, 0.6) is 5.75 Å². The van der Waals surface area contributed by atoms with E-state index in [1.807, 2.05) is 38.1 Å². The van der Waals surface area contributed by atoms with Crippen molar-refractivity contribution in [3.8, 4) is 5.75 Å². The van der Waals surface area contributed by atoms with Gasteiger partial charge in [-0.1, -0.05) is 12.1 Å². The summed E-state index contributed by atoms with van der Waals surface area (Å²) in [6, 6.07) is 15.0. The van der Waals surface area contributed by atoms with E-state index in [4.69, 9.17) is 4.74 Å². The molecule has 1 N–H and O–H groups in total. The minimum Gasteiger partial charge on any atom is -0.486 e. The van der Waals surface area contributed by atoms with Gasteiger partial charge in [0.05, 0.1) is 6.04 Å². The molecule has 8 heteroatoms. The Hall–Kier alpha value is -2.87. The smallest absolute Gasteiger partial charge is 0.255 e. The Bertz CT molecular complexity index is 924. The predicted molar refractivity (Wildman–Crippen MR) is 111 cm³/mol. The Labute approximate surface area is 168 Å². The van der Waals surface area contributed by atoms with Crippen LogP contribution in [0.25, 0.3) is 0 Å². The summed E-state index contributed by atoms with van der Waals surface area (Å²) in [6.07, 6.45) is 2.05. The molecule has 0 radical (unpaired) electrons. The summed E-state index contributed by atoms with van der Waals surface area (Å²) in [5, 5.41) is 14.5. The van der Waals surface area contributed by atoms with Crippen LogP contribution in [-0.4, -0.2) is 32.4 Å². The largest absolute Gasteiger partial charge is 0.486 e. The van der Waals surface area contributed by atoms with Crippen molar-refractivity contribution in [1.29, 1.82) is 0 Å². The average molecular weight is 398 g/mol. The molecule has 0 aliphatic carbocycles. The summed E-state index contributed by atoms with van der Waals surface area (Å²) in [5.74, 6) is 2.06. The maximum absolute atomic E-state index is 12.5. The third kappa shape index (κ3) is 5.10. The molecule has 0 aliphatic rings. The molecule has 0 saturated heterocycles. The van der Waals surface area contributed by atoms with E-state index < -0.39 is 0 Å². The zero-order chi connectivity index (χ0) is 19.9. The molecule has 0 aliphatic heterocycles. The van der Waals surface area contributed by atoms with Crippen LogP contribution in [-0.2, 0) is 12.4 Å².